The van der Waals surface area contributed by atoms with Crippen LogP contribution in [0.2, 0.25) is 0 Å². The Morgan fingerprint density at radius 3 is 2.35 bits per heavy atom. The number of hydrogen-bond donors (Lipinski definition) is 0. The molecule has 0 saturated carbocycles. The zero-order valence-electron chi connectivity index (χ0n) is 16.8. The average Bonchev–Trinajstić information content (AvgIpc) is 2.83. The number of ether oxygens (including phenoxy) is 1. The quantitative estimate of drug-likeness (QED) is 0.632. The molecule has 0 aromatic heterocycles. The summed E-state index contributed by atoms with van der Waals surface area (Å²) in [6.45, 7) is 0.508. The van der Waals surface area contributed by atoms with Gasteiger partial charge >= 0.3 is 0 Å². The van der Waals surface area contributed by atoms with E-state index in [1.54, 1.807) is 59.5 Å². The maximum atomic E-state index is 13.5. The number of carbonyl (C=O) groups excluding carboxylic acids is 1. The number of sulfonamides is 1. The largest absolute Gasteiger partial charge is 0.476 e. The third-order valence-corrected chi connectivity index (χ3v) is 7.51. The highest BCUT2D eigenvalue weighted by atomic mass is 32.2. The third kappa shape index (κ3) is 3.45. The third-order valence-electron chi connectivity index (χ3n) is 5.72. The molecule has 1 amide bonds. The smallest absolute Gasteiger partial charge is 0.269 e. The van der Waals surface area contributed by atoms with E-state index in [4.69, 9.17) is 4.74 Å². The molecule has 0 spiro atoms. The number of carbonyl (C=O) groups is 1. The first-order chi connectivity index (χ1) is 15.1. The molecule has 3 aromatic carbocycles. The van der Waals surface area contributed by atoms with Crippen LogP contribution in [-0.2, 0) is 21.2 Å². The van der Waals surface area contributed by atoms with Gasteiger partial charge in [-0.05, 0) is 48.7 Å². The molecule has 7 heteroatoms. The summed E-state index contributed by atoms with van der Waals surface area (Å²) in [6, 6.07) is 23.0. The van der Waals surface area contributed by atoms with Gasteiger partial charge in [0.1, 0.15) is 5.75 Å². The molecule has 2 heterocycles. The van der Waals surface area contributed by atoms with Crippen LogP contribution in [0.1, 0.15) is 12.0 Å². The maximum Gasteiger partial charge on any atom is 0.269 e. The van der Waals surface area contributed by atoms with Crippen LogP contribution in [0.3, 0.4) is 0 Å². The van der Waals surface area contributed by atoms with Gasteiger partial charge in [0.05, 0.1) is 17.1 Å². The van der Waals surface area contributed by atoms with E-state index in [1.807, 2.05) is 24.3 Å². The summed E-state index contributed by atoms with van der Waals surface area (Å²) in [5.41, 5.74) is 2.43. The number of fused-ring (bicyclic) bond motifs is 2. The van der Waals surface area contributed by atoms with E-state index in [0.717, 1.165) is 24.1 Å². The molecule has 0 bridgehead atoms. The second-order valence-corrected chi connectivity index (χ2v) is 9.51. The first-order valence-electron chi connectivity index (χ1n) is 10.3. The number of hydrogen-bond acceptors (Lipinski definition) is 4. The first-order valence-corrected chi connectivity index (χ1v) is 11.7. The van der Waals surface area contributed by atoms with Crippen LogP contribution in [0, 0.1) is 0 Å². The molecule has 0 saturated heterocycles. The lowest BCUT2D eigenvalue weighted by molar-refractivity contribution is -0.125. The van der Waals surface area contributed by atoms with E-state index < -0.39 is 16.1 Å². The number of nitrogens with zero attached hydrogens (tertiary/aromatic N) is 2. The molecular weight excluding hydrogens is 412 g/mol. The van der Waals surface area contributed by atoms with E-state index in [0.29, 0.717) is 18.0 Å². The molecule has 2 aliphatic rings. The van der Waals surface area contributed by atoms with Gasteiger partial charge in [-0.15, -0.1) is 0 Å². The van der Waals surface area contributed by atoms with Crippen LogP contribution in [0.15, 0.2) is 83.8 Å². The van der Waals surface area contributed by atoms with Gasteiger partial charge in [0.15, 0.2) is 6.10 Å². The van der Waals surface area contributed by atoms with Crippen molar-refractivity contribution in [2.75, 3.05) is 22.3 Å². The van der Waals surface area contributed by atoms with Gasteiger partial charge in [-0.2, -0.15) is 0 Å². The molecule has 5 rings (SSSR count). The van der Waals surface area contributed by atoms with Crippen molar-refractivity contribution in [3.8, 4) is 5.75 Å². The molecular formula is C24H22N2O4S. The normalized spacial score (nSPS) is 18.0. The van der Waals surface area contributed by atoms with E-state index in [1.165, 1.54) is 4.31 Å². The molecule has 0 aliphatic carbocycles. The summed E-state index contributed by atoms with van der Waals surface area (Å²) >= 11 is 0. The van der Waals surface area contributed by atoms with Gasteiger partial charge in [0.2, 0.25) is 0 Å². The Bertz CT molecular complexity index is 1230. The highest BCUT2D eigenvalue weighted by molar-refractivity contribution is 7.92. The zero-order valence-corrected chi connectivity index (χ0v) is 17.7. The van der Waals surface area contributed by atoms with Crippen molar-refractivity contribution in [1.29, 1.82) is 0 Å². The maximum absolute atomic E-state index is 13.5. The van der Waals surface area contributed by atoms with Crippen molar-refractivity contribution in [3.05, 3.63) is 84.4 Å². The van der Waals surface area contributed by atoms with Gasteiger partial charge in [-0.3, -0.25) is 9.10 Å². The minimum Gasteiger partial charge on any atom is -0.476 e. The van der Waals surface area contributed by atoms with Crippen LogP contribution in [0.4, 0.5) is 11.4 Å². The molecule has 6 nitrogen and oxygen atoms in total. The number of anilines is 2. The molecule has 0 radical (unpaired) electrons. The van der Waals surface area contributed by atoms with Crippen molar-refractivity contribution in [2.24, 2.45) is 0 Å². The molecule has 2 aliphatic heterocycles. The summed E-state index contributed by atoms with van der Waals surface area (Å²) in [5, 5.41) is 0. The molecule has 1 unspecified atom stereocenters. The molecule has 31 heavy (non-hydrogen) atoms. The van der Waals surface area contributed by atoms with Gasteiger partial charge in [0.25, 0.3) is 15.9 Å². The number of amides is 1. The lowest BCUT2D eigenvalue weighted by atomic mass is 10.0. The summed E-state index contributed by atoms with van der Waals surface area (Å²) in [6.07, 6.45) is 0.848. The second-order valence-electron chi connectivity index (χ2n) is 7.65. The lowest BCUT2D eigenvalue weighted by Gasteiger charge is -2.38. The fourth-order valence-corrected chi connectivity index (χ4v) is 5.71. The predicted molar refractivity (Wildman–Crippen MR) is 119 cm³/mol. The second kappa shape index (κ2) is 7.74. The monoisotopic (exact) mass is 434 g/mol. The van der Waals surface area contributed by atoms with Crippen LogP contribution < -0.4 is 13.9 Å². The fraction of sp³-hybridized carbons (Fsp3) is 0.208. The molecule has 1 atom stereocenters. The summed E-state index contributed by atoms with van der Waals surface area (Å²) in [5.74, 6) is 0.159. The average molecular weight is 435 g/mol. The number of benzene rings is 3. The summed E-state index contributed by atoms with van der Waals surface area (Å²) < 4.78 is 34.2. The SMILES string of the molecule is O=C(C1CN(S(=O)(=O)c2ccccc2)c2ccccc2O1)N1CCCc2ccccc21. The fourth-order valence-electron chi connectivity index (χ4n) is 4.21. The Kier molecular flexibility index (Phi) is 4.90. The van der Waals surface area contributed by atoms with E-state index in [2.05, 4.69) is 0 Å². The zero-order chi connectivity index (χ0) is 21.4. The standard InChI is InChI=1S/C24H22N2O4S/c27-24(25-16-8-10-18-9-4-5-13-20(18)25)23-17-26(21-14-6-7-15-22(21)30-23)31(28,29)19-11-2-1-3-12-19/h1-7,9,11-15,23H,8,10,16-17H2. The number of rotatable bonds is 3. The van der Waals surface area contributed by atoms with Crippen molar-refractivity contribution in [2.45, 2.75) is 23.8 Å². The van der Waals surface area contributed by atoms with E-state index in [-0.39, 0.29) is 17.3 Å². The number of para-hydroxylation sites is 3. The van der Waals surface area contributed by atoms with E-state index >= 15 is 0 Å². The first kappa shape index (κ1) is 19.6. The Labute approximate surface area is 181 Å². The highest BCUT2D eigenvalue weighted by Gasteiger charge is 2.39. The van der Waals surface area contributed by atoms with Crippen molar-refractivity contribution < 1.29 is 17.9 Å². The van der Waals surface area contributed by atoms with Gasteiger partial charge in [0, 0.05) is 12.2 Å². The highest BCUT2D eigenvalue weighted by Crippen LogP contribution is 2.38. The predicted octanol–water partition coefficient (Wildman–Crippen LogP) is 3.62. The van der Waals surface area contributed by atoms with Gasteiger partial charge < -0.3 is 9.64 Å². The number of aryl methyl sites for hydroxylation is 1. The Balaban J connectivity index is 1.52. The Hall–Kier alpha value is -3.32. The van der Waals surface area contributed by atoms with Crippen LogP contribution in [-0.4, -0.2) is 33.5 Å². The lowest BCUT2D eigenvalue weighted by Crippen LogP contribution is -2.52. The molecule has 0 N–H and O–H groups in total. The topological polar surface area (TPSA) is 66.9 Å². The minimum atomic E-state index is -3.85. The van der Waals surface area contributed by atoms with Crippen molar-refractivity contribution >= 4 is 27.3 Å². The molecule has 3 aromatic rings. The van der Waals surface area contributed by atoms with Crippen LogP contribution in [0.5, 0.6) is 5.75 Å². The Morgan fingerprint density at radius 2 is 1.55 bits per heavy atom. The van der Waals surface area contributed by atoms with Crippen LogP contribution >= 0.6 is 0 Å². The molecule has 0 fully saturated rings. The van der Waals surface area contributed by atoms with Gasteiger partial charge in [-0.25, -0.2) is 8.42 Å². The minimum absolute atomic E-state index is 0.0776. The molecule has 158 valence electrons. The summed E-state index contributed by atoms with van der Waals surface area (Å²) in [4.78, 5) is 15.4. The van der Waals surface area contributed by atoms with Crippen molar-refractivity contribution in [1.82, 2.24) is 0 Å². The summed E-state index contributed by atoms with van der Waals surface area (Å²) in [7, 11) is -3.85. The van der Waals surface area contributed by atoms with Crippen molar-refractivity contribution in [3.63, 3.8) is 0 Å². The van der Waals surface area contributed by atoms with E-state index in [9.17, 15) is 13.2 Å². The Morgan fingerprint density at radius 1 is 0.871 bits per heavy atom. The van der Waals surface area contributed by atoms with Gasteiger partial charge in [-0.1, -0.05) is 48.5 Å². The van der Waals surface area contributed by atoms with Crippen LogP contribution in [0.25, 0.3) is 0 Å².